The minimum Gasteiger partial charge on any atom is -0.480 e. The number of benzene rings is 1. The Hall–Kier alpha value is -1.81. The molecule has 3 N–H and O–H groups in total. The van der Waals surface area contributed by atoms with E-state index >= 15 is 0 Å². The second kappa shape index (κ2) is 4.59. The van der Waals surface area contributed by atoms with Crippen molar-refractivity contribution in [2.75, 3.05) is 0 Å². The van der Waals surface area contributed by atoms with Crippen molar-refractivity contribution in [1.29, 1.82) is 0 Å². The number of carboxylic acids is 1. The number of aryl methyl sites for hydroxylation is 1. The summed E-state index contributed by atoms with van der Waals surface area (Å²) in [7, 11) is 0. The molecule has 1 aromatic carbocycles. The van der Waals surface area contributed by atoms with Crippen molar-refractivity contribution >= 4 is 16.9 Å². The molecule has 1 atom stereocenters. The van der Waals surface area contributed by atoms with Crippen molar-refractivity contribution in [3.05, 3.63) is 35.5 Å². The number of rotatable bonds is 4. The van der Waals surface area contributed by atoms with Crippen LogP contribution in [0.3, 0.4) is 0 Å². The number of carboxylic acid groups (broad SMARTS) is 1. The first-order valence-electron chi connectivity index (χ1n) is 5.62. The van der Waals surface area contributed by atoms with Crippen LogP contribution in [-0.2, 0) is 11.3 Å². The summed E-state index contributed by atoms with van der Waals surface area (Å²) in [6.07, 6.45) is 0. The molecule has 17 heavy (non-hydrogen) atoms. The first-order chi connectivity index (χ1) is 8.09. The van der Waals surface area contributed by atoms with Crippen LogP contribution in [0.4, 0.5) is 0 Å². The quantitative estimate of drug-likeness (QED) is 0.755. The summed E-state index contributed by atoms with van der Waals surface area (Å²) in [5, 5.41) is 13.0. The Labute approximate surface area is 99.7 Å². The van der Waals surface area contributed by atoms with E-state index in [9.17, 15) is 4.79 Å². The second-order valence-electron chi connectivity index (χ2n) is 4.21. The van der Waals surface area contributed by atoms with E-state index in [4.69, 9.17) is 5.11 Å². The highest BCUT2D eigenvalue weighted by Crippen LogP contribution is 2.21. The maximum absolute atomic E-state index is 10.7. The summed E-state index contributed by atoms with van der Waals surface area (Å²) in [6.45, 7) is 4.21. The van der Waals surface area contributed by atoms with E-state index in [2.05, 4.69) is 10.3 Å². The molecule has 2 rings (SSSR count). The smallest absolute Gasteiger partial charge is 0.320 e. The summed E-state index contributed by atoms with van der Waals surface area (Å²) in [5.41, 5.74) is 3.30. The van der Waals surface area contributed by atoms with Crippen LogP contribution in [0.5, 0.6) is 0 Å². The highest BCUT2D eigenvalue weighted by Gasteiger charge is 2.12. The molecule has 0 aliphatic carbocycles. The normalized spacial score (nSPS) is 12.8. The van der Waals surface area contributed by atoms with Gasteiger partial charge in [0.25, 0.3) is 0 Å². The number of aromatic nitrogens is 1. The summed E-state index contributed by atoms with van der Waals surface area (Å²) < 4.78 is 0. The maximum atomic E-state index is 10.7. The molecular weight excluding hydrogens is 216 g/mol. The largest absolute Gasteiger partial charge is 0.480 e. The van der Waals surface area contributed by atoms with Gasteiger partial charge < -0.3 is 15.4 Å². The van der Waals surface area contributed by atoms with Gasteiger partial charge in [-0.15, -0.1) is 0 Å². The molecule has 0 fully saturated rings. The average Bonchev–Trinajstić information content (AvgIpc) is 2.61. The predicted octanol–water partition coefficient (Wildman–Crippen LogP) is 2.04. The fourth-order valence-corrected chi connectivity index (χ4v) is 1.90. The lowest BCUT2D eigenvalue weighted by molar-refractivity contribution is -0.139. The predicted molar refractivity (Wildman–Crippen MR) is 67.0 cm³/mol. The van der Waals surface area contributed by atoms with Crippen LogP contribution in [0.1, 0.15) is 18.2 Å². The van der Waals surface area contributed by atoms with Crippen molar-refractivity contribution in [1.82, 2.24) is 10.3 Å². The molecule has 0 saturated heterocycles. The molecule has 4 heteroatoms. The Morgan fingerprint density at radius 3 is 2.88 bits per heavy atom. The minimum atomic E-state index is -0.831. The Bertz CT molecular complexity index is 545. The van der Waals surface area contributed by atoms with Gasteiger partial charge in [0.2, 0.25) is 0 Å². The Kier molecular flexibility index (Phi) is 3.15. The lowest BCUT2D eigenvalue weighted by Gasteiger charge is -2.09. The Balaban J connectivity index is 2.23. The van der Waals surface area contributed by atoms with E-state index in [1.54, 1.807) is 6.92 Å². The highest BCUT2D eigenvalue weighted by atomic mass is 16.4. The molecule has 0 saturated carbocycles. The first kappa shape index (κ1) is 11.7. The lowest BCUT2D eigenvalue weighted by Crippen LogP contribution is -2.33. The van der Waals surface area contributed by atoms with E-state index in [1.165, 1.54) is 0 Å². The van der Waals surface area contributed by atoms with Crippen molar-refractivity contribution in [3.8, 4) is 0 Å². The van der Waals surface area contributed by atoms with Crippen molar-refractivity contribution in [3.63, 3.8) is 0 Å². The van der Waals surface area contributed by atoms with Gasteiger partial charge in [0.1, 0.15) is 6.04 Å². The van der Waals surface area contributed by atoms with Crippen LogP contribution in [0.25, 0.3) is 10.9 Å². The molecule has 4 nitrogen and oxygen atoms in total. The molecule has 1 unspecified atom stereocenters. The van der Waals surface area contributed by atoms with E-state index < -0.39 is 12.0 Å². The van der Waals surface area contributed by atoms with Crippen molar-refractivity contribution in [2.45, 2.75) is 26.4 Å². The molecule has 0 spiro atoms. The third-order valence-corrected chi connectivity index (χ3v) is 2.98. The summed E-state index contributed by atoms with van der Waals surface area (Å²) in [6, 6.07) is 7.49. The van der Waals surface area contributed by atoms with Gasteiger partial charge in [0.15, 0.2) is 0 Å². The van der Waals surface area contributed by atoms with Gasteiger partial charge in [-0.2, -0.15) is 0 Å². The van der Waals surface area contributed by atoms with Gasteiger partial charge in [0.05, 0.1) is 0 Å². The summed E-state index contributed by atoms with van der Waals surface area (Å²) >= 11 is 0. The number of para-hydroxylation sites is 1. The number of aromatic amines is 1. The van der Waals surface area contributed by atoms with Gasteiger partial charge >= 0.3 is 5.97 Å². The molecule has 1 aromatic heterocycles. The SMILES string of the molecule is Cc1[nH]c2ccccc2c1CNC(C)C(=O)O. The van der Waals surface area contributed by atoms with Gasteiger partial charge in [-0.3, -0.25) is 4.79 Å². The fraction of sp³-hybridized carbons (Fsp3) is 0.308. The molecule has 0 amide bonds. The van der Waals surface area contributed by atoms with Gasteiger partial charge in [-0.1, -0.05) is 18.2 Å². The van der Waals surface area contributed by atoms with Crippen molar-refractivity contribution < 1.29 is 9.90 Å². The first-order valence-corrected chi connectivity index (χ1v) is 5.62. The monoisotopic (exact) mass is 232 g/mol. The zero-order chi connectivity index (χ0) is 12.4. The van der Waals surface area contributed by atoms with Gasteiger partial charge in [0, 0.05) is 23.1 Å². The fourth-order valence-electron chi connectivity index (χ4n) is 1.90. The summed E-state index contributed by atoms with van der Waals surface area (Å²) in [5.74, 6) is -0.831. The Morgan fingerprint density at radius 2 is 2.18 bits per heavy atom. The van der Waals surface area contributed by atoms with E-state index in [0.29, 0.717) is 6.54 Å². The zero-order valence-corrected chi connectivity index (χ0v) is 9.95. The van der Waals surface area contributed by atoms with Crippen LogP contribution in [-0.4, -0.2) is 22.1 Å². The van der Waals surface area contributed by atoms with Gasteiger partial charge in [-0.05, 0) is 25.5 Å². The van der Waals surface area contributed by atoms with Crippen LogP contribution < -0.4 is 5.32 Å². The molecule has 0 radical (unpaired) electrons. The van der Waals surface area contributed by atoms with Crippen molar-refractivity contribution in [2.24, 2.45) is 0 Å². The summed E-state index contributed by atoms with van der Waals surface area (Å²) in [4.78, 5) is 14.0. The topological polar surface area (TPSA) is 65.1 Å². The average molecular weight is 232 g/mol. The number of hydrogen-bond donors (Lipinski definition) is 3. The minimum absolute atomic E-state index is 0.539. The number of H-pyrrole nitrogens is 1. The number of hydrogen-bond acceptors (Lipinski definition) is 2. The third kappa shape index (κ3) is 2.31. The van der Waals surface area contributed by atoms with Crippen LogP contribution in [0.2, 0.25) is 0 Å². The van der Waals surface area contributed by atoms with E-state index in [0.717, 1.165) is 22.2 Å². The van der Waals surface area contributed by atoms with Crippen LogP contribution in [0.15, 0.2) is 24.3 Å². The molecule has 0 bridgehead atoms. The number of carbonyl (C=O) groups is 1. The molecule has 0 aliphatic rings. The number of fused-ring (bicyclic) bond motifs is 1. The standard InChI is InChI=1S/C13H16N2O2/c1-8-11(7-14-9(2)13(16)17)10-5-3-4-6-12(10)15-8/h3-6,9,14-15H,7H2,1-2H3,(H,16,17). The second-order valence-corrected chi connectivity index (χ2v) is 4.21. The third-order valence-electron chi connectivity index (χ3n) is 2.98. The number of aliphatic carboxylic acids is 1. The molecule has 2 aromatic rings. The van der Waals surface area contributed by atoms with Crippen LogP contribution >= 0.6 is 0 Å². The molecule has 1 heterocycles. The maximum Gasteiger partial charge on any atom is 0.320 e. The van der Waals surface area contributed by atoms with Gasteiger partial charge in [-0.25, -0.2) is 0 Å². The zero-order valence-electron chi connectivity index (χ0n) is 9.95. The van der Waals surface area contributed by atoms with E-state index in [1.807, 2.05) is 31.2 Å². The van der Waals surface area contributed by atoms with E-state index in [-0.39, 0.29) is 0 Å². The highest BCUT2D eigenvalue weighted by molar-refractivity contribution is 5.84. The lowest BCUT2D eigenvalue weighted by atomic mass is 10.1. The molecule has 0 aliphatic heterocycles. The molecular formula is C13H16N2O2. The number of nitrogens with one attached hydrogen (secondary N) is 2. The van der Waals surface area contributed by atoms with Crippen LogP contribution in [0, 0.1) is 6.92 Å². The Morgan fingerprint density at radius 1 is 1.47 bits per heavy atom. The molecule has 90 valence electrons.